The number of carbonyl (C=O) groups excluding carboxylic acids is 3. The number of azide groups is 1. The summed E-state index contributed by atoms with van der Waals surface area (Å²) in [6.07, 6.45) is -2.39. The quantitative estimate of drug-likeness (QED) is 0.0857. The second-order valence-electron chi connectivity index (χ2n) is 14.4. The van der Waals surface area contributed by atoms with Gasteiger partial charge in [0.05, 0.1) is 23.9 Å². The highest BCUT2D eigenvalue weighted by Crippen LogP contribution is 2.39. The highest BCUT2D eigenvalue weighted by Gasteiger charge is 2.58. The van der Waals surface area contributed by atoms with Crippen molar-refractivity contribution in [1.82, 2.24) is 15.1 Å². The molecule has 15 nitrogen and oxygen atoms in total. The normalized spacial score (nSPS) is 38.8. The van der Waals surface area contributed by atoms with Crippen molar-refractivity contribution in [3.8, 4) is 0 Å². The summed E-state index contributed by atoms with van der Waals surface area (Å²) in [6.45, 7) is 12.7. The molecule has 3 saturated heterocycles. The van der Waals surface area contributed by atoms with E-state index in [2.05, 4.69) is 22.3 Å². The lowest BCUT2D eigenvalue weighted by Crippen LogP contribution is -2.60. The molecule has 3 fully saturated rings. The lowest BCUT2D eigenvalue weighted by atomic mass is 9.83. The van der Waals surface area contributed by atoms with Gasteiger partial charge in [-0.15, -0.1) is 0 Å². The Morgan fingerprint density at radius 2 is 1.90 bits per heavy atom. The van der Waals surface area contributed by atoms with Crippen LogP contribution in [0.2, 0.25) is 0 Å². The van der Waals surface area contributed by atoms with E-state index in [1.54, 1.807) is 18.9 Å². The molecule has 0 aromatic heterocycles. The topological polar surface area (TPSA) is 185 Å². The fourth-order valence-electron chi connectivity index (χ4n) is 7.57. The van der Waals surface area contributed by atoms with Crippen LogP contribution < -0.4 is 5.32 Å². The van der Waals surface area contributed by atoms with Crippen molar-refractivity contribution in [3.05, 3.63) is 10.4 Å². The summed E-state index contributed by atoms with van der Waals surface area (Å²) in [5.41, 5.74) is 6.42. The fraction of sp³-hybridized carbons (Fsp3) is 0.909. The number of amides is 1. The molecule has 48 heavy (non-hydrogen) atoms. The van der Waals surface area contributed by atoms with Crippen molar-refractivity contribution in [3.63, 3.8) is 0 Å². The molecule has 0 saturated carbocycles. The molecule has 2 N–H and O–H groups in total. The van der Waals surface area contributed by atoms with E-state index in [9.17, 15) is 19.5 Å². The number of likely N-dealkylation sites (N-methyl/N-ethyl adjacent to an activating group) is 1. The van der Waals surface area contributed by atoms with Crippen molar-refractivity contribution in [2.45, 2.75) is 147 Å². The van der Waals surface area contributed by atoms with Crippen LogP contribution in [-0.2, 0) is 33.3 Å². The number of ether oxygens (including phenoxy) is 5. The maximum Gasteiger partial charge on any atom is 0.410 e. The minimum absolute atomic E-state index is 0.0100. The maximum absolute atomic E-state index is 13.6. The fourth-order valence-corrected chi connectivity index (χ4v) is 7.57. The van der Waals surface area contributed by atoms with E-state index in [4.69, 9.17) is 29.2 Å². The first-order chi connectivity index (χ1) is 22.6. The van der Waals surface area contributed by atoms with Crippen LogP contribution in [0.4, 0.5) is 4.79 Å². The summed E-state index contributed by atoms with van der Waals surface area (Å²) in [7, 11) is 5.34. The Kier molecular flexibility index (Phi) is 14.5. The number of nitrogens with one attached hydrogen (secondary N) is 1. The van der Waals surface area contributed by atoms with Gasteiger partial charge in [0, 0.05) is 43.6 Å². The van der Waals surface area contributed by atoms with E-state index in [1.165, 1.54) is 0 Å². The van der Waals surface area contributed by atoms with Crippen molar-refractivity contribution in [2.75, 3.05) is 40.8 Å². The summed E-state index contributed by atoms with van der Waals surface area (Å²) in [4.78, 5) is 46.6. The van der Waals surface area contributed by atoms with Crippen LogP contribution in [0.1, 0.15) is 86.5 Å². The molecular weight excluding hydrogens is 624 g/mol. The van der Waals surface area contributed by atoms with Crippen LogP contribution >= 0.6 is 0 Å². The molecule has 274 valence electrons. The Morgan fingerprint density at radius 3 is 2.52 bits per heavy atom. The van der Waals surface area contributed by atoms with Crippen molar-refractivity contribution < 1.29 is 43.2 Å². The maximum atomic E-state index is 13.6. The summed E-state index contributed by atoms with van der Waals surface area (Å²) < 4.78 is 30.5. The number of esters is 1. The summed E-state index contributed by atoms with van der Waals surface area (Å²) in [6, 6.07) is -0.995. The number of unbranched alkanes of at least 4 members (excludes halogenated alkanes) is 1. The van der Waals surface area contributed by atoms with Gasteiger partial charge in [-0.1, -0.05) is 19.0 Å². The van der Waals surface area contributed by atoms with E-state index in [-0.39, 0.29) is 30.5 Å². The molecule has 11 atom stereocenters. The average molecular weight is 683 g/mol. The van der Waals surface area contributed by atoms with Crippen LogP contribution in [0.3, 0.4) is 0 Å². The third-order valence-corrected chi connectivity index (χ3v) is 10.2. The third kappa shape index (κ3) is 9.58. The first kappa shape index (κ1) is 39.9. The number of nitrogens with zero attached hydrogens (tertiary/aromatic N) is 5. The molecule has 3 heterocycles. The van der Waals surface area contributed by atoms with Gasteiger partial charge in [0.2, 0.25) is 0 Å². The van der Waals surface area contributed by atoms with Crippen molar-refractivity contribution >= 4 is 17.8 Å². The number of carbonyl (C=O) groups is 3. The van der Waals surface area contributed by atoms with Gasteiger partial charge in [-0.2, -0.15) is 0 Å². The van der Waals surface area contributed by atoms with Gasteiger partial charge in [0.25, 0.3) is 0 Å². The average Bonchev–Trinajstić information content (AvgIpc) is 3.28. The van der Waals surface area contributed by atoms with Crippen LogP contribution in [0.15, 0.2) is 5.11 Å². The van der Waals surface area contributed by atoms with Gasteiger partial charge in [0.15, 0.2) is 11.9 Å². The Bertz CT molecular complexity index is 1150. The summed E-state index contributed by atoms with van der Waals surface area (Å²) in [5.74, 6) is -1.13. The predicted molar refractivity (Wildman–Crippen MR) is 177 cm³/mol. The number of hydrogen-bond donors (Lipinski definition) is 2. The highest BCUT2D eigenvalue weighted by atomic mass is 16.7. The molecule has 0 spiro atoms. The molecule has 0 aromatic carbocycles. The standard InChI is InChI=1S/C33H58N6O9/c1-10-25-33(6)29(39(31(43)48-33)14-12-11-13-36-37-34)22(4)35-19-20(2)18-32(5,44-9)26(16-23(40)17-27(41)46-25)47-30-28(42)24(38(7)8)15-21(3)45-30/h20-22,24-26,28-30,35,42H,10-19H2,1-9H3/t20-,21-,22-,24?,25-,26-,28-,29-,30+,32-,33-/m1/s1. The van der Waals surface area contributed by atoms with Gasteiger partial charge in [0.1, 0.15) is 24.4 Å². The highest BCUT2D eigenvalue weighted by molar-refractivity contribution is 5.95. The second-order valence-corrected chi connectivity index (χ2v) is 14.4. The molecule has 3 rings (SSSR count). The number of methoxy groups -OCH3 is 1. The molecule has 3 aliphatic rings. The number of rotatable bonds is 10. The van der Waals surface area contributed by atoms with Gasteiger partial charge >= 0.3 is 12.1 Å². The van der Waals surface area contributed by atoms with Crippen molar-refractivity contribution in [1.29, 1.82) is 0 Å². The van der Waals surface area contributed by atoms with E-state index < -0.39 is 66.1 Å². The first-order valence-corrected chi connectivity index (χ1v) is 17.3. The monoisotopic (exact) mass is 682 g/mol. The molecule has 3 aliphatic heterocycles. The lowest BCUT2D eigenvalue weighted by molar-refractivity contribution is -0.289. The Labute approximate surface area is 284 Å². The Balaban J connectivity index is 1.93. The number of fused-ring (bicyclic) bond motifs is 1. The molecule has 0 aromatic rings. The zero-order valence-corrected chi connectivity index (χ0v) is 30.2. The molecule has 1 unspecified atom stereocenters. The van der Waals surface area contributed by atoms with E-state index >= 15 is 0 Å². The Hall–Kier alpha value is -2.52. The van der Waals surface area contributed by atoms with E-state index in [0.29, 0.717) is 51.7 Å². The summed E-state index contributed by atoms with van der Waals surface area (Å²) in [5, 5.41) is 18.4. The number of aliphatic hydroxyl groups excluding tert-OH is 1. The number of aliphatic hydroxyl groups is 1. The number of cyclic esters (lactones) is 1. The lowest BCUT2D eigenvalue weighted by Gasteiger charge is -2.45. The van der Waals surface area contributed by atoms with Crippen LogP contribution in [-0.4, -0.2) is 134 Å². The zero-order chi connectivity index (χ0) is 35.8. The van der Waals surface area contributed by atoms with Gasteiger partial charge in [-0.3, -0.25) is 14.5 Å². The molecule has 1 amide bonds. The van der Waals surface area contributed by atoms with Crippen LogP contribution in [0.25, 0.3) is 10.4 Å². The second kappa shape index (κ2) is 17.4. The Morgan fingerprint density at radius 1 is 1.19 bits per heavy atom. The molecule has 0 bridgehead atoms. The van der Waals surface area contributed by atoms with Gasteiger partial charge in [-0.05, 0) is 91.9 Å². The number of Topliss-reactive ketones (excluding diaryl/α,β-unsaturated/α-hetero) is 1. The van der Waals surface area contributed by atoms with Crippen LogP contribution in [0.5, 0.6) is 0 Å². The minimum atomic E-state index is -1.20. The third-order valence-electron chi connectivity index (χ3n) is 10.2. The smallest absolute Gasteiger partial charge is 0.410 e. The minimum Gasteiger partial charge on any atom is -0.458 e. The van der Waals surface area contributed by atoms with Gasteiger partial charge in [-0.25, -0.2) is 4.79 Å². The molecule has 0 radical (unpaired) electrons. The predicted octanol–water partition coefficient (Wildman–Crippen LogP) is 3.56. The van der Waals surface area contributed by atoms with E-state index in [1.807, 2.05) is 46.7 Å². The number of ketones is 1. The van der Waals surface area contributed by atoms with Gasteiger partial charge < -0.3 is 39.0 Å². The molecular formula is C33H58N6O9. The SMILES string of the molecule is CC[C@H]1OC(=O)CC(=O)C[C@@H](O[C@@H]2O[C@H](C)CC(N(C)C)[C@H]2O)[C@](C)(OC)C[C@@H](C)CN[C@H](C)[C@H]2N(CCCCN=[N+]=[N-])C(=O)O[C@]12C. The van der Waals surface area contributed by atoms with Crippen molar-refractivity contribution in [2.24, 2.45) is 11.0 Å². The molecule has 0 aliphatic carbocycles. The zero-order valence-electron chi connectivity index (χ0n) is 30.2. The molecule has 15 heteroatoms. The van der Waals surface area contributed by atoms with E-state index in [0.717, 1.165) is 0 Å². The first-order valence-electron chi connectivity index (χ1n) is 17.3. The summed E-state index contributed by atoms with van der Waals surface area (Å²) >= 11 is 0. The van der Waals surface area contributed by atoms with Crippen LogP contribution in [0, 0.1) is 5.92 Å². The number of hydrogen-bond acceptors (Lipinski definition) is 12. The largest absolute Gasteiger partial charge is 0.458 e.